The molecule has 116 valence electrons. The predicted octanol–water partition coefficient (Wildman–Crippen LogP) is 3.34. The van der Waals surface area contributed by atoms with Crippen LogP contribution in [0, 0.1) is 5.92 Å². The average molecular weight is 375 g/mol. The Kier molecular flexibility index (Phi) is 5.27. The zero-order valence-corrected chi connectivity index (χ0v) is 14.2. The molecular weight excluding hydrogens is 356 g/mol. The Morgan fingerprint density at radius 3 is 2.67 bits per heavy atom. The van der Waals surface area contributed by atoms with Gasteiger partial charge in [0.15, 0.2) is 0 Å². The lowest BCUT2D eigenvalue weighted by atomic mass is 9.77. The van der Waals surface area contributed by atoms with Gasteiger partial charge in [0, 0.05) is 14.7 Å². The molecule has 0 atom stereocenters. The number of carbonyl (C=O) groups is 2. The van der Waals surface area contributed by atoms with Crippen LogP contribution in [-0.4, -0.2) is 22.6 Å². The highest BCUT2D eigenvalue weighted by atomic mass is 79.9. The van der Waals surface area contributed by atoms with Gasteiger partial charge in [-0.1, -0.05) is 6.92 Å². The number of amides is 2. The topological polar surface area (TPSA) is 78.4 Å². The number of carbonyl (C=O) groups excluding carboxylic acids is 1. The van der Waals surface area contributed by atoms with Crippen LogP contribution in [0.2, 0.25) is 0 Å². The van der Waals surface area contributed by atoms with E-state index in [1.165, 1.54) is 11.3 Å². The van der Waals surface area contributed by atoms with Crippen molar-refractivity contribution >= 4 is 39.3 Å². The zero-order chi connectivity index (χ0) is 15.5. The molecule has 1 aliphatic rings. The van der Waals surface area contributed by atoms with Gasteiger partial charge in [0.25, 0.3) is 0 Å². The van der Waals surface area contributed by atoms with E-state index in [-0.39, 0.29) is 0 Å². The second-order valence-electron chi connectivity index (χ2n) is 5.61. The number of hydrogen-bond donors (Lipinski definition) is 3. The SMILES string of the molecule is CC1CCC(NC(=O)NCc2cc(Br)cs2)(C(=O)O)CC1. The molecule has 7 heteroatoms. The Morgan fingerprint density at radius 1 is 1.48 bits per heavy atom. The molecule has 1 fully saturated rings. The second-order valence-corrected chi connectivity index (χ2v) is 7.52. The number of hydrogen-bond acceptors (Lipinski definition) is 3. The van der Waals surface area contributed by atoms with Crippen molar-refractivity contribution in [3.8, 4) is 0 Å². The maximum absolute atomic E-state index is 12.0. The first-order valence-electron chi connectivity index (χ1n) is 6.93. The van der Waals surface area contributed by atoms with Crippen LogP contribution in [0.1, 0.15) is 37.5 Å². The van der Waals surface area contributed by atoms with Gasteiger partial charge >= 0.3 is 12.0 Å². The smallest absolute Gasteiger partial charge is 0.329 e. The number of aliphatic carboxylic acids is 1. The largest absolute Gasteiger partial charge is 0.480 e. The molecule has 0 saturated heterocycles. The molecule has 1 aliphatic carbocycles. The highest BCUT2D eigenvalue weighted by molar-refractivity contribution is 9.10. The minimum absolute atomic E-state index is 0.397. The van der Waals surface area contributed by atoms with E-state index >= 15 is 0 Å². The summed E-state index contributed by atoms with van der Waals surface area (Å²) in [4.78, 5) is 24.6. The number of urea groups is 1. The van der Waals surface area contributed by atoms with Gasteiger partial charge in [-0.25, -0.2) is 9.59 Å². The molecular formula is C14H19BrN2O3S. The molecule has 0 spiro atoms. The fourth-order valence-corrected chi connectivity index (χ4v) is 3.91. The van der Waals surface area contributed by atoms with Crippen molar-refractivity contribution in [2.45, 2.75) is 44.7 Å². The van der Waals surface area contributed by atoms with Crippen molar-refractivity contribution in [1.82, 2.24) is 10.6 Å². The summed E-state index contributed by atoms with van der Waals surface area (Å²) in [5.74, 6) is -0.422. The van der Waals surface area contributed by atoms with Gasteiger partial charge in [-0.05, 0) is 53.6 Å². The zero-order valence-electron chi connectivity index (χ0n) is 11.8. The summed E-state index contributed by atoms with van der Waals surface area (Å²) in [6.45, 7) is 2.51. The summed E-state index contributed by atoms with van der Waals surface area (Å²) in [5, 5.41) is 16.8. The third kappa shape index (κ3) is 4.20. The van der Waals surface area contributed by atoms with Crippen molar-refractivity contribution in [2.24, 2.45) is 5.92 Å². The van der Waals surface area contributed by atoms with Gasteiger partial charge in [-0.15, -0.1) is 11.3 Å². The van der Waals surface area contributed by atoms with Gasteiger partial charge in [0.05, 0.1) is 6.54 Å². The van der Waals surface area contributed by atoms with Crippen molar-refractivity contribution in [2.75, 3.05) is 0 Å². The van der Waals surface area contributed by atoms with Crippen LogP contribution < -0.4 is 10.6 Å². The Morgan fingerprint density at radius 2 is 2.14 bits per heavy atom. The van der Waals surface area contributed by atoms with Crippen LogP contribution in [0.3, 0.4) is 0 Å². The number of rotatable bonds is 4. The van der Waals surface area contributed by atoms with Gasteiger partial charge in [-0.2, -0.15) is 0 Å². The predicted molar refractivity (Wildman–Crippen MR) is 85.4 cm³/mol. The summed E-state index contributed by atoms with van der Waals surface area (Å²) in [7, 11) is 0. The molecule has 1 saturated carbocycles. The van der Waals surface area contributed by atoms with Gasteiger partial charge in [0.2, 0.25) is 0 Å². The van der Waals surface area contributed by atoms with E-state index in [2.05, 4.69) is 33.5 Å². The standard InChI is InChI=1S/C14H19BrN2O3S/c1-9-2-4-14(5-3-9,12(18)19)17-13(20)16-7-11-6-10(15)8-21-11/h6,8-9H,2-5,7H2,1H3,(H,18,19)(H2,16,17,20). The number of nitrogens with one attached hydrogen (secondary N) is 2. The van der Waals surface area contributed by atoms with Crippen molar-refractivity contribution in [3.63, 3.8) is 0 Å². The minimum atomic E-state index is -1.12. The fraction of sp³-hybridized carbons (Fsp3) is 0.571. The van der Waals surface area contributed by atoms with Crippen LogP contribution in [-0.2, 0) is 11.3 Å². The first-order chi connectivity index (χ1) is 9.91. The molecule has 0 bridgehead atoms. The number of thiophene rings is 1. The molecule has 2 amide bonds. The number of carboxylic acids is 1. The first kappa shape index (κ1) is 16.3. The highest BCUT2D eigenvalue weighted by Gasteiger charge is 2.42. The van der Waals surface area contributed by atoms with E-state index in [1.54, 1.807) is 0 Å². The molecule has 5 nitrogen and oxygen atoms in total. The van der Waals surface area contributed by atoms with Gasteiger partial charge in [-0.3, -0.25) is 0 Å². The van der Waals surface area contributed by atoms with Crippen molar-refractivity contribution < 1.29 is 14.7 Å². The summed E-state index contributed by atoms with van der Waals surface area (Å²) < 4.78 is 0.980. The first-order valence-corrected chi connectivity index (χ1v) is 8.61. The van der Waals surface area contributed by atoms with Crippen LogP contribution in [0.25, 0.3) is 0 Å². The van der Waals surface area contributed by atoms with Gasteiger partial charge < -0.3 is 15.7 Å². The van der Waals surface area contributed by atoms with E-state index in [9.17, 15) is 14.7 Å². The highest BCUT2D eigenvalue weighted by Crippen LogP contribution is 2.32. The summed E-state index contributed by atoms with van der Waals surface area (Å²) in [6, 6.07) is 1.51. The lowest BCUT2D eigenvalue weighted by Gasteiger charge is -2.36. The van der Waals surface area contributed by atoms with Crippen molar-refractivity contribution in [1.29, 1.82) is 0 Å². The molecule has 1 aromatic heterocycles. The van der Waals surface area contributed by atoms with E-state index in [1.807, 2.05) is 11.4 Å². The summed E-state index contributed by atoms with van der Waals surface area (Å²) in [6.07, 6.45) is 2.62. The van der Waals surface area contributed by atoms with E-state index in [0.717, 1.165) is 22.2 Å². The molecule has 3 N–H and O–H groups in total. The molecule has 1 heterocycles. The Balaban J connectivity index is 1.91. The third-order valence-electron chi connectivity index (χ3n) is 3.93. The van der Waals surface area contributed by atoms with Crippen LogP contribution in [0.4, 0.5) is 4.79 Å². The fourth-order valence-electron chi connectivity index (χ4n) is 2.52. The van der Waals surface area contributed by atoms with Crippen molar-refractivity contribution in [3.05, 3.63) is 20.8 Å². The lowest BCUT2D eigenvalue weighted by molar-refractivity contribution is -0.146. The Bertz CT molecular complexity index is 524. The van der Waals surface area contributed by atoms with Crippen LogP contribution in [0.15, 0.2) is 15.9 Å². The summed E-state index contributed by atoms with van der Waals surface area (Å²) in [5.41, 5.74) is -1.12. The average Bonchev–Trinajstić information content (AvgIpc) is 2.85. The van der Waals surface area contributed by atoms with Crippen LogP contribution >= 0.6 is 27.3 Å². The van der Waals surface area contributed by atoms with E-state index in [0.29, 0.717) is 25.3 Å². The molecule has 0 aromatic carbocycles. The number of halogens is 1. The Labute approximate surface area is 136 Å². The molecule has 1 aromatic rings. The Hall–Kier alpha value is -1.08. The van der Waals surface area contributed by atoms with Crippen LogP contribution in [0.5, 0.6) is 0 Å². The second kappa shape index (κ2) is 6.79. The number of carboxylic acid groups (broad SMARTS) is 1. The molecule has 0 unspecified atom stereocenters. The lowest BCUT2D eigenvalue weighted by Crippen LogP contribution is -2.58. The maximum atomic E-state index is 12.0. The normalized spacial score (nSPS) is 25.3. The van der Waals surface area contributed by atoms with E-state index < -0.39 is 17.5 Å². The van der Waals surface area contributed by atoms with Gasteiger partial charge in [0.1, 0.15) is 5.54 Å². The summed E-state index contributed by atoms with van der Waals surface area (Å²) >= 11 is 4.89. The third-order valence-corrected chi connectivity index (χ3v) is 5.63. The molecule has 0 radical (unpaired) electrons. The minimum Gasteiger partial charge on any atom is -0.480 e. The monoisotopic (exact) mass is 374 g/mol. The maximum Gasteiger partial charge on any atom is 0.329 e. The quantitative estimate of drug-likeness (QED) is 0.755. The molecule has 2 rings (SSSR count). The van der Waals surface area contributed by atoms with E-state index in [4.69, 9.17) is 0 Å². The molecule has 0 aliphatic heterocycles. The molecule has 21 heavy (non-hydrogen) atoms.